The predicted octanol–water partition coefficient (Wildman–Crippen LogP) is 3.89. The first kappa shape index (κ1) is 20.6. The Morgan fingerprint density at radius 1 is 1.07 bits per heavy atom. The Bertz CT molecular complexity index is 859. The van der Waals surface area contributed by atoms with E-state index in [1.165, 1.54) is 0 Å². The maximum absolute atomic E-state index is 13.3. The molecule has 2 amide bonds. The number of nitrogens with zero attached hydrogens (tertiary/aromatic N) is 1. The second-order valence-corrected chi connectivity index (χ2v) is 7.29. The van der Waals surface area contributed by atoms with E-state index in [2.05, 4.69) is 5.32 Å². The number of amides is 2. The van der Waals surface area contributed by atoms with Crippen LogP contribution in [0, 0.1) is 0 Å². The van der Waals surface area contributed by atoms with Gasteiger partial charge in [0.25, 0.3) is 0 Å². The van der Waals surface area contributed by atoms with Crippen LogP contribution < -0.4 is 15.0 Å². The summed E-state index contributed by atoms with van der Waals surface area (Å²) in [6, 6.07) is 16.4. The number of carbonyl (C=O) groups excluding carboxylic acids is 2. The number of anilines is 1. The zero-order chi connectivity index (χ0) is 20.6. The average molecular weight is 392 g/mol. The number of ether oxygens (including phenoxy) is 1. The molecule has 2 aromatic rings. The van der Waals surface area contributed by atoms with Gasteiger partial charge >= 0.3 is 0 Å². The van der Waals surface area contributed by atoms with Crippen molar-refractivity contribution in [2.24, 2.45) is 0 Å². The Balaban J connectivity index is 1.79. The fourth-order valence-electron chi connectivity index (χ4n) is 3.51. The van der Waals surface area contributed by atoms with Crippen LogP contribution in [0.4, 0.5) is 5.69 Å². The number of benzene rings is 2. The molecule has 0 aromatic heterocycles. The van der Waals surface area contributed by atoms with E-state index in [0.717, 1.165) is 48.3 Å². The van der Waals surface area contributed by atoms with Gasteiger partial charge in [0.05, 0.1) is 7.11 Å². The van der Waals surface area contributed by atoms with Gasteiger partial charge in [-0.1, -0.05) is 36.4 Å². The van der Waals surface area contributed by atoms with Crippen molar-refractivity contribution in [3.63, 3.8) is 0 Å². The summed E-state index contributed by atoms with van der Waals surface area (Å²) >= 11 is 0. The molecule has 5 nitrogen and oxygen atoms in total. The number of likely N-dealkylation sites (N-methyl/N-ethyl adjacent to an activating group) is 1. The van der Waals surface area contributed by atoms with E-state index >= 15 is 0 Å². The number of methoxy groups -OCH3 is 1. The van der Waals surface area contributed by atoms with Gasteiger partial charge in [-0.15, -0.1) is 0 Å². The van der Waals surface area contributed by atoms with Gasteiger partial charge in [-0.05, 0) is 55.5 Å². The van der Waals surface area contributed by atoms with Gasteiger partial charge in [0.2, 0.25) is 11.8 Å². The summed E-state index contributed by atoms with van der Waals surface area (Å²) in [6.45, 7) is 0. The summed E-state index contributed by atoms with van der Waals surface area (Å²) in [5.41, 5.74) is 2.54. The van der Waals surface area contributed by atoms with E-state index in [1.807, 2.05) is 60.7 Å². The third kappa shape index (κ3) is 5.47. The van der Waals surface area contributed by atoms with E-state index in [1.54, 1.807) is 19.1 Å². The molecule has 1 atom stereocenters. The second-order valence-electron chi connectivity index (χ2n) is 7.29. The van der Waals surface area contributed by atoms with E-state index in [9.17, 15) is 9.59 Å². The summed E-state index contributed by atoms with van der Waals surface area (Å²) in [7, 11) is 3.34. The molecule has 1 aliphatic rings. The van der Waals surface area contributed by atoms with Crippen molar-refractivity contribution < 1.29 is 14.3 Å². The first-order valence-electron chi connectivity index (χ1n) is 10.0. The van der Waals surface area contributed by atoms with Crippen LogP contribution in [-0.2, 0) is 16.0 Å². The lowest BCUT2D eigenvalue weighted by molar-refractivity contribution is -0.125. The number of rotatable bonds is 7. The monoisotopic (exact) mass is 392 g/mol. The molecule has 0 saturated heterocycles. The van der Waals surface area contributed by atoms with E-state index < -0.39 is 6.04 Å². The third-order valence-electron chi connectivity index (χ3n) is 5.26. The molecule has 1 unspecified atom stereocenters. The molecule has 0 saturated carbocycles. The van der Waals surface area contributed by atoms with Crippen molar-refractivity contribution in [1.82, 2.24) is 5.32 Å². The van der Waals surface area contributed by atoms with E-state index in [4.69, 9.17) is 4.74 Å². The number of hydrogen-bond donors (Lipinski definition) is 1. The van der Waals surface area contributed by atoms with Crippen LogP contribution in [0.5, 0.6) is 5.75 Å². The maximum atomic E-state index is 13.3. The van der Waals surface area contributed by atoms with Crippen molar-refractivity contribution >= 4 is 17.5 Å². The van der Waals surface area contributed by atoms with Gasteiger partial charge in [0.1, 0.15) is 11.8 Å². The molecular weight excluding hydrogens is 364 g/mol. The highest BCUT2D eigenvalue weighted by atomic mass is 16.5. The third-order valence-corrected chi connectivity index (χ3v) is 5.26. The lowest BCUT2D eigenvalue weighted by Crippen LogP contribution is -2.49. The van der Waals surface area contributed by atoms with Crippen LogP contribution in [0.3, 0.4) is 0 Å². The van der Waals surface area contributed by atoms with Crippen LogP contribution in [0.15, 0.2) is 66.2 Å². The molecule has 29 heavy (non-hydrogen) atoms. The molecule has 2 aromatic carbocycles. The number of nitrogens with one attached hydrogen (secondary N) is 1. The summed E-state index contributed by atoms with van der Waals surface area (Å²) in [5, 5.41) is 2.99. The average Bonchev–Trinajstić information content (AvgIpc) is 2.79. The van der Waals surface area contributed by atoms with Gasteiger partial charge < -0.3 is 15.0 Å². The maximum Gasteiger partial charge on any atom is 0.249 e. The van der Waals surface area contributed by atoms with Crippen molar-refractivity contribution in [3.8, 4) is 5.75 Å². The fraction of sp³-hybridized carbons (Fsp3) is 0.333. The Labute approximate surface area is 172 Å². The van der Waals surface area contributed by atoms with E-state index in [0.29, 0.717) is 6.42 Å². The van der Waals surface area contributed by atoms with Gasteiger partial charge in [0, 0.05) is 24.7 Å². The molecule has 1 aliphatic carbocycles. The minimum Gasteiger partial charge on any atom is -0.497 e. The molecule has 0 heterocycles. The minimum absolute atomic E-state index is 0.137. The highest BCUT2D eigenvalue weighted by Crippen LogP contribution is 2.21. The zero-order valence-corrected chi connectivity index (χ0v) is 17.1. The lowest BCUT2D eigenvalue weighted by atomic mass is 9.98. The molecule has 0 radical (unpaired) electrons. The van der Waals surface area contributed by atoms with Gasteiger partial charge in [0.15, 0.2) is 0 Å². The Kier molecular flexibility index (Phi) is 7.06. The van der Waals surface area contributed by atoms with Crippen molar-refractivity contribution in [1.29, 1.82) is 0 Å². The van der Waals surface area contributed by atoms with Crippen LogP contribution in [0.2, 0.25) is 0 Å². The van der Waals surface area contributed by atoms with E-state index in [-0.39, 0.29) is 11.8 Å². The highest BCUT2D eigenvalue weighted by Gasteiger charge is 2.26. The molecule has 0 aliphatic heterocycles. The lowest BCUT2D eigenvalue weighted by Gasteiger charge is -2.26. The topological polar surface area (TPSA) is 58.6 Å². The van der Waals surface area contributed by atoms with Crippen molar-refractivity contribution in [3.05, 3.63) is 71.8 Å². The molecule has 0 bridgehead atoms. The fourth-order valence-corrected chi connectivity index (χ4v) is 3.51. The quantitative estimate of drug-likeness (QED) is 0.778. The molecule has 0 fully saturated rings. The van der Waals surface area contributed by atoms with Gasteiger partial charge in [-0.2, -0.15) is 0 Å². The first-order chi connectivity index (χ1) is 14.1. The highest BCUT2D eigenvalue weighted by molar-refractivity contribution is 6.02. The van der Waals surface area contributed by atoms with Crippen molar-refractivity contribution in [2.45, 2.75) is 38.1 Å². The molecule has 152 valence electrons. The Hall–Kier alpha value is -3.08. The standard InChI is InChI=1S/C24H28N2O3/c1-26(20-13-15-21(29-2)16-14-20)24(28)22(17-18-9-5-3-6-10-18)25-23(27)19-11-7-4-8-12-19/h3,5-6,9-11,13-16,22H,4,7-8,12,17H2,1-2H3,(H,25,27). The molecule has 1 N–H and O–H groups in total. The Morgan fingerprint density at radius 3 is 2.41 bits per heavy atom. The zero-order valence-electron chi connectivity index (χ0n) is 17.1. The number of carbonyl (C=O) groups is 2. The summed E-state index contributed by atoms with van der Waals surface area (Å²) in [6.07, 6.45) is 6.26. The Morgan fingerprint density at radius 2 is 1.79 bits per heavy atom. The SMILES string of the molecule is COc1ccc(N(C)C(=O)C(Cc2ccccc2)NC(=O)C2=CCCCC2)cc1. The summed E-state index contributed by atoms with van der Waals surface area (Å²) in [4.78, 5) is 27.6. The molecule has 5 heteroatoms. The molecule has 3 rings (SSSR count). The predicted molar refractivity (Wildman–Crippen MR) is 115 cm³/mol. The van der Waals surface area contributed by atoms with Gasteiger partial charge in [-0.25, -0.2) is 0 Å². The van der Waals surface area contributed by atoms with Crippen molar-refractivity contribution in [2.75, 3.05) is 19.1 Å². The number of allylic oxidation sites excluding steroid dienone is 1. The second kappa shape index (κ2) is 9.92. The smallest absolute Gasteiger partial charge is 0.249 e. The normalized spacial score (nSPS) is 14.5. The summed E-state index contributed by atoms with van der Waals surface area (Å²) in [5.74, 6) is 0.443. The largest absolute Gasteiger partial charge is 0.497 e. The van der Waals surface area contributed by atoms with Crippen LogP contribution in [0.1, 0.15) is 31.2 Å². The van der Waals surface area contributed by atoms with Crippen LogP contribution in [-0.4, -0.2) is 32.0 Å². The minimum atomic E-state index is -0.639. The molecule has 0 spiro atoms. The number of hydrogen-bond acceptors (Lipinski definition) is 3. The molecular formula is C24H28N2O3. The van der Waals surface area contributed by atoms with Crippen LogP contribution >= 0.6 is 0 Å². The van der Waals surface area contributed by atoms with Gasteiger partial charge in [-0.3, -0.25) is 9.59 Å². The first-order valence-corrected chi connectivity index (χ1v) is 10.0. The summed E-state index contributed by atoms with van der Waals surface area (Å²) < 4.78 is 5.19. The van der Waals surface area contributed by atoms with Crippen LogP contribution in [0.25, 0.3) is 0 Å².